The maximum atomic E-state index is 11.5. The quantitative estimate of drug-likeness (QED) is 0.779. The minimum absolute atomic E-state index is 0.0325. The van der Waals surface area contributed by atoms with E-state index in [9.17, 15) is 9.00 Å². The van der Waals surface area contributed by atoms with Crippen molar-refractivity contribution in [3.63, 3.8) is 0 Å². The number of amides is 1. The van der Waals surface area contributed by atoms with Gasteiger partial charge in [0.2, 0.25) is 5.91 Å². The van der Waals surface area contributed by atoms with Crippen molar-refractivity contribution < 1.29 is 9.00 Å². The zero-order valence-electron chi connectivity index (χ0n) is 9.45. The van der Waals surface area contributed by atoms with Gasteiger partial charge in [-0.2, -0.15) is 0 Å². The molecule has 0 spiro atoms. The van der Waals surface area contributed by atoms with Gasteiger partial charge in [0.25, 0.3) is 0 Å². The number of carbonyl (C=O) groups excluding carboxylic acids is 1. The van der Waals surface area contributed by atoms with Gasteiger partial charge < -0.3 is 11.1 Å². The molecule has 4 nitrogen and oxygen atoms in total. The molecular formula is C11H16N2O2S. The molecule has 0 saturated carbocycles. The van der Waals surface area contributed by atoms with Crippen LogP contribution >= 0.6 is 0 Å². The Morgan fingerprint density at radius 1 is 1.50 bits per heavy atom. The van der Waals surface area contributed by atoms with E-state index >= 15 is 0 Å². The van der Waals surface area contributed by atoms with Crippen molar-refractivity contribution >= 4 is 28.1 Å². The highest BCUT2D eigenvalue weighted by molar-refractivity contribution is 7.85. The second-order valence-corrected chi connectivity index (χ2v) is 5.19. The van der Waals surface area contributed by atoms with Crippen molar-refractivity contribution in [3.05, 3.63) is 23.8 Å². The van der Waals surface area contributed by atoms with Crippen LogP contribution in [0.4, 0.5) is 11.4 Å². The smallest absolute Gasteiger partial charge is 0.236 e. The van der Waals surface area contributed by atoms with Crippen molar-refractivity contribution in [3.8, 4) is 0 Å². The van der Waals surface area contributed by atoms with Gasteiger partial charge in [-0.3, -0.25) is 9.00 Å². The fourth-order valence-electron chi connectivity index (χ4n) is 1.22. The van der Waals surface area contributed by atoms with Gasteiger partial charge in [0.15, 0.2) is 0 Å². The van der Waals surface area contributed by atoms with Crippen molar-refractivity contribution in [1.29, 1.82) is 0 Å². The molecule has 1 rings (SSSR count). The normalized spacial score (nSPS) is 12.1. The van der Waals surface area contributed by atoms with Gasteiger partial charge >= 0.3 is 0 Å². The van der Waals surface area contributed by atoms with E-state index in [4.69, 9.17) is 5.73 Å². The summed E-state index contributed by atoms with van der Waals surface area (Å²) in [6.45, 7) is 3.62. The van der Waals surface area contributed by atoms with Gasteiger partial charge in [-0.15, -0.1) is 0 Å². The molecule has 0 aromatic heterocycles. The molecule has 5 heteroatoms. The molecule has 1 aromatic carbocycles. The Morgan fingerprint density at radius 2 is 2.19 bits per heavy atom. The fraction of sp³-hybridized carbons (Fsp3) is 0.364. The van der Waals surface area contributed by atoms with Crippen LogP contribution in [0.1, 0.15) is 12.5 Å². The van der Waals surface area contributed by atoms with Gasteiger partial charge in [-0.25, -0.2) is 0 Å². The van der Waals surface area contributed by atoms with E-state index in [0.29, 0.717) is 17.1 Å². The number of carbonyl (C=O) groups is 1. The summed E-state index contributed by atoms with van der Waals surface area (Å²) >= 11 is 0. The molecule has 1 amide bonds. The van der Waals surface area contributed by atoms with Crippen LogP contribution < -0.4 is 11.1 Å². The molecule has 1 atom stereocenters. The molecule has 3 N–H and O–H groups in total. The zero-order chi connectivity index (χ0) is 12.1. The highest BCUT2D eigenvalue weighted by Gasteiger charge is 2.08. The summed E-state index contributed by atoms with van der Waals surface area (Å²) in [4.78, 5) is 11.5. The third-order valence-corrected chi connectivity index (χ3v) is 3.49. The lowest BCUT2D eigenvalue weighted by Crippen LogP contribution is -2.20. The molecule has 0 aliphatic heterocycles. The van der Waals surface area contributed by atoms with Crippen LogP contribution in [0.25, 0.3) is 0 Å². The molecule has 1 aromatic rings. The number of nitrogens with one attached hydrogen (secondary N) is 1. The van der Waals surface area contributed by atoms with Crippen LogP contribution in [0.2, 0.25) is 0 Å². The van der Waals surface area contributed by atoms with Crippen LogP contribution in [0.3, 0.4) is 0 Å². The number of nitrogens with two attached hydrogens (primary N) is 1. The van der Waals surface area contributed by atoms with Crippen LogP contribution in [-0.4, -0.2) is 21.6 Å². The molecule has 1 unspecified atom stereocenters. The predicted octanol–water partition coefficient (Wildman–Crippen LogP) is 1.28. The number of hydrogen-bond acceptors (Lipinski definition) is 3. The summed E-state index contributed by atoms with van der Waals surface area (Å²) < 4.78 is 11.2. The van der Waals surface area contributed by atoms with Gasteiger partial charge in [-0.05, 0) is 24.6 Å². The largest absolute Gasteiger partial charge is 0.398 e. The average molecular weight is 240 g/mol. The monoisotopic (exact) mass is 240 g/mol. The van der Waals surface area contributed by atoms with E-state index in [-0.39, 0.29) is 11.7 Å². The van der Waals surface area contributed by atoms with Crippen molar-refractivity contribution in [2.45, 2.75) is 13.8 Å². The number of rotatable bonds is 4. The molecule has 0 saturated heterocycles. The maximum absolute atomic E-state index is 11.5. The first-order valence-electron chi connectivity index (χ1n) is 5.04. The lowest BCUT2D eigenvalue weighted by Gasteiger charge is -2.09. The predicted molar refractivity (Wildman–Crippen MR) is 67.8 cm³/mol. The first-order chi connectivity index (χ1) is 7.54. The van der Waals surface area contributed by atoms with E-state index in [0.717, 1.165) is 5.56 Å². The number of nitrogen functional groups attached to an aromatic ring is 1. The molecular weight excluding hydrogens is 224 g/mol. The lowest BCUT2D eigenvalue weighted by atomic mass is 10.1. The molecule has 0 fully saturated rings. The second-order valence-electron chi connectivity index (χ2n) is 3.44. The summed E-state index contributed by atoms with van der Waals surface area (Å²) in [7, 11) is -1.09. The number of hydrogen-bond donors (Lipinski definition) is 2. The Bertz CT molecular complexity index is 418. The summed E-state index contributed by atoms with van der Waals surface area (Å²) in [5.74, 6) is 0.280. The van der Waals surface area contributed by atoms with Crippen molar-refractivity contribution in [1.82, 2.24) is 0 Å². The van der Waals surface area contributed by atoms with Gasteiger partial charge in [0, 0.05) is 27.9 Å². The van der Waals surface area contributed by atoms with Gasteiger partial charge in [0.05, 0.1) is 0 Å². The standard InChI is InChI=1S/C11H16N2O2S/c1-3-16(15)7-11(14)13-10-6-4-5-9(12)8(10)2/h4-6H,3,7,12H2,1-2H3,(H,13,14). The molecule has 0 heterocycles. The molecule has 0 aliphatic carbocycles. The van der Waals surface area contributed by atoms with E-state index in [1.807, 2.05) is 6.92 Å². The second kappa shape index (κ2) is 5.65. The first-order valence-corrected chi connectivity index (χ1v) is 6.53. The van der Waals surface area contributed by atoms with Gasteiger partial charge in [-0.1, -0.05) is 13.0 Å². The highest BCUT2D eigenvalue weighted by atomic mass is 32.2. The highest BCUT2D eigenvalue weighted by Crippen LogP contribution is 2.20. The average Bonchev–Trinajstić information content (AvgIpc) is 2.24. The minimum atomic E-state index is -1.09. The maximum Gasteiger partial charge on any atom is 0.236 e. The van der Waals surface area contributed by atoms with Gasteiger partial charge in [0.1, 0.15) is 5.75 Å². The van der Waals surface area contributed by atoms with Crippen molar-refractivity contribution in [2.24, 2.45) is 0 Å². The van der Waals surface area contributed by atoms with E-state index in [1.165, 1.54) is 0 Å². The lowest BCUT2D eigenvalue weighted by molar-refractivity contribution is -0.113. The topological polar surface area (TPSA) is 72.2 Å². The molecule has 0 bridgehead atoms. The summed E-state index contributed by atoms with van der Waals surface area (Å²) in [5.41, 5.74) is 7.86. The first kappa shape index (κ1) is 12.7. The summed E-state index contributed by atoms with van der Waals surface area (Å²) in [5, 5.41) is 2.70. The third kappa shape index (κ3) is 3.34. The third-order valence-electron chi connectivity index (χ3n) is 2.26. The van der Waals surface area contributed by atoms with E-state index in [2.05, 4.69) is 5.32 Å². The van der Waals surface area contributed by atoms with Crippen LogP contribution in [0.15, 0.2) is 18.2 Å². The van der Waals surface area contributed by atoms with Crippen LogP contribution in [-0.2, 0) is 15.6 Å². The molecule has 88 valence electrons. The molecule has 16 heavy (non-hydrogen) atoms. The van der Waals surface area contributed by atoms with Crippen molar-refractivity contribution in [2.75, 3.05) is 22.6 Å². The van der Waals surface area contributed by atoms with Crippen LogP contribution in [0.5, 0.6) is 0 Å². The molecule has 0 aliphatic rings. The summed E-state index contributed by atoms with van der Waals surface area (Å²) in [6, 6.07) is 5.32. The van der Waals surface area contributed by atoms with E-state index < -0.39 is 10.8 Å². The zero-order valence-corrected chi connectivity index (χ0v) is 10.3. The Morgan fingerprint density at radius 3 is 2.81 bits per heavy atom. The molecule has 0 radical (unpaired) electrons. The number of anilines is 2. The van der Waals surface area contributed by atoms with Crippen LogP contribution in [0, 0.1) is 6.92 Å². The SMILES string of the molecule is CCS(=O)CC(=O)Nc1cccc(N)c1C. The summed E-state index contributed by atoms with van der Waals surface area (Å²) in [6.07, 6.45) is 0. The Hall–Kier alpha value is -1.36. The Balaban J connectivity index is 2.70. The minimum Gasteiger partial charge on any atom is -0.398 e. The number of benzene rings is 1. The Labute approximate surface area is 97.7 Å². The fourth-order valence-corrected chi connectivity index (χ4v) is 1.79. The Kier molecular flexibility index (Phi) is 4.49. The van der Waals surface area contributed by atoms with E-state index in [1.54, 1.807) is 25.1 Å².